The number of para-hydroxylation sites is 1. The van der Waals surface area contributed by atoms with Crippen LogP contribution in [0, 0.1) is 5.82 Å². The summed E-state index contributed by atoms with van der Waals surface area (Å²) in [5, 5.41) is 0. The highest BCUT2D eigenvalue weighted by Crippen LogP contribution is 2.30. The molecule has 0 saturated carbocycles. The van der Waals surface area contributed by atoms with Crippen LogP contribution in [0.4, 0.5) is 14.6 Å². The first kappa shape index (κ1) is 20.1. The van der Waals surface area contributed by atoms with Crippen molar-refractivity contribution in [3.63, 3.8) is 0 Å². The predicted molar refractivity (Wildman–Crippen MR) is 116 cm³/mol. The van der Waals surface area contributed by atoms with Gasteiger partial charge in [-0.15, -0.1) is 0 Å². The third-order valence-corrected chi connectivity index (χ3v) is 5.97. The largest absolute Gasteiger partial charge is 0.369 e. The molecule has 1 aliphatic heterocycles. The molecule has 10 nitrogen and oxygen atoms in total. The zero-order valence-corrected chi connectivity index (χ0v) is 17.5. The Morgan fingerprint density at radius 3 is 2.79 bits per heavy atom. The van der Waals surface area contributed by atoms with E-state index < -0.39 is 29.5 Å². The number of aromatic nitrogens is 7. The number of benzene rings is 1. The van der Waals surface area contributed by atoms with Crippen LogP contribution in [0.2, 0.25) is 0 Å². The zero-order chi connectivity index (χ0) is 23.4. The van der Waals surface area contributed by atoms with Crippen molar-refractivity contribution in [1.82, 2.24) is 29.1 Å². The molecule has 1 aromatic carbocycles. The smallest absolute Gasteiger partial charge is 0.340 e. The molecule has 6 rings (SSSR count). The van der Waals surface area contributed by atoms with Crippen LogP contribution in [-0.4, -0.2) is 53.8 Å². The molecule has 34 heavy (non-hydrogen) atoms. The van der Waals surface area contributed by atoms with E-state index in [-0.39, 0.29) is 18.5 Å². The molecule has 1 aliphatic rings. The fraction of sp³-hybridized carbons (Fsp3) is 0.182. The number of hydrogen-bond donors (Lipinski definition) is 1. The Balaban J connectivity index is 1.52. The minimum atomic E-state index is -1.29. The first-order valence-corrected chi connectivity index (χ1v) is 10.5. The number of imidazole rings is 1. The van der Waals surface area contributed by atoms with Gasteiger partial charge in [0, 0.05) is 6.42 Å². The number of nitrogens with zero attached hydrogens (tertiary/aromatic N) is 7. The van der Waals surface area contributed by atoms with E-state index in [1.165, 1.54) is 29.7 Å². The fourth-order valence-corrected chi connectivity index (χ4v) is 4.42. The van der Waals surface area contributed by atoms with E-state index >= 15 is 0 Å². The summed E-state index contributed by atoms with van der Waals surface area (Å²) in [7, 11) is 0. The number of aromatic amines is 1. The lowest BCUT2D eigenvalue weighted by molar-refractivity contribution is -0.615. The summed E-state index contributed by atoms with van der Waals surface area (Å²) in [4.78, 5) is 43.7. The second-order valence-electron chi connectivity index (χ2n) is 7.97. The Bertz CT molecular complexity index is 1610. The van der Waals surface area contributed by atoms with Gasteiger partial charge in [0.1, 0.15) is 29.7 Å². The van der Waals surface area contributed by atoms with E-state index in [1.807, 2.05) is 0 Å². The van der Waals surface area contributed by atoms with Crippen LogP contribution in [0.5, 0.6) is 0 Å². The average Bonchev–Trinajstić information content (AvgIpc) is 3.58. The van der Waals surface area contributed by atoms with Crippen LogP contribution in [0.25, 0.3) is 22.4 Å². The molecule has 4 aromatic heterocycles. The van der Waals surface area contributed by atoms with Gasteiger partial charge in [0.25, 0.3) is 6.33 Å². The summed E-state index contributed by atoms with van der Waals surface area (Å²) >= 11 is 0. The molecule has 0 aliphatic carbocycles. The van der Waals surface area contributed by atoms with Crippen molar-refractivity contribution >= 4 is 28.4 Å². The van der Waals surface area contributed by atoms with E-state index in [9.17, 15) is 18.4 Å². The van der Waals surface area contributed by atoms with Crippen molar-refractivity contribution < 1.29 is 18.1 Å². The van der Waals surface area contributed by atoms with Gasteiger partial charge < -0.3 is 9.88 Å². The second-order valence-corrected chi connectivity index (χ2v) is 7.97. The lowest BCUT2D eigenvalue weighted by atomic mass is 10.2. The van der Waals surface area contributed by atoms with Crippen molar-refractivity contribution in [3.8, 4) is 5.69 Å². The normalized spacial score (nSPS) is 18.2. The van der Waals surface area contributed by atoms with Crippen LogP contribution < -0.4 is 15.0 Å². The third kappa shape index (κ3) is 2.99. The van der Waals surface area contributed by atoms with Crippen molar-refractivity contribution in [1.29, 1.82) is 0 Å². The number of nitrogens with one attached hydrogen (secondary N) is 1. The molecule has 0 amide bonds. The predicted octanol–water partition coefficient (Wildman–Crippen LogP) is 1.44. The van der Waals surface area contributed by atoms with Gasteiger partial charge in [-0.25, -0.2) is 33.3 Å². The van der Waals surface area contributed by atoms with Crippen LogP contribution in [0.15, 0.2) is 66.4 Å². The number of carbonyl (C=O) groups is 1. The van der Waals surface area contributed by atoms with Crippen molar-refractivity contribution in [2.45, 2.75) is 18.6 Å². The second kappa shape index (κ2) is 7.54. The van der Waals surface area contributed by atoms with Gasteiger partial charge in [-0.2, -0.15) is 9.08 Å². The highest BCUT2D eigenvalue weighted by Gasteiger charge is 2.43. The molecule has 1 saturated heterocycles. The quantitative estimate of drug-likeness (QED) is 0.406. The van der Waals surface area contributed by atoms with Crippen molar-refractivity contribution in [2.75, 3.05) is 11.4 Å². The monoisotopic (exact) mass is 463 g/mol. The molecule has 12 heteroatoms. The molecule has 2 atom stereocenters. The number of hydrogen-bond acceptors (Lipinski definition) is 6. The molecular weight excluding hydrogens is 446 g/mol. The minimum absolute atomic E-state index is 0.0659. The Labute approximate surface area is 189 Å². The highest BCUT2D eigenvalue weighted by molar-refractivity contribution is 5.91. The summed E-state index contributed by atoms with van der Waals surface area (Å²) in [6.07, 6.45) is 3.94. The maximum absolute atomic E-state index is 14.6. The molecule has 5 heterocycles. The van der Waals surface area contributed by atoms with Crippen LogP contribution in [0.1, 0.15) is 11.2 Å². The van der Waals surface area contributed by atoms with Crippen molar-refractivity contribution in [2.24, 2.45) is 0 Å². The van der Waals surface area contributed by atoms with Gasteiger partial charge in [-0.05, 0) is 18.2 Å². The number of alkyl halides is 1. The number of fused-ring (bicyclic) bond motifs is 2. The van der Waals surface area contributed by atoms with Crippen LogP contribution in [0.3, 0.4) is 0 Å². The van der Waals surface area contributed by atoms with Gasteiger partial charge in [-0.3, -0.25) is 0 Å². The number of anilines is 1. The SMILES string of the molecule is O=C([C@@H]1C[C@H](F)CN1c1ncnc2nc[nH]c12)n1c[n+](-c2ccccc2)c(=O)c2c(F)ccn21. The maximum atomic E-state index is 14.6. The maximum Gasteiger partial charge on any atom is 0.369 e. The van der Waals surface area contributed by atoms with E-state index in [0.717, 1.165) is 15.3 Å². The first-order valence-electron chi connectivity index (χ1n) is 10.5. The molecule has 1 fully saturated rings. The van der Waals surface area contributed by atoms with Gasteiger partial charge in [0.15, 0.2) is 17.3 Å². The molecule has 170 valence electrons. The Morgan fingerprint density at radius 2 is 1.97 bits per heavy atom. The minimum Gasteiger partial charge on any atom is -0.340 e. The third-order valence-electron chi connectivity index (χ3n) is 5.97. The summed E-state index contributed by atoms with van der Waals surface area (Å²) < 4.78 is 32.7. The van der Waals surface area contributed by atoms with E-state index in [0.29, 0.717) is 22.7 Å². The lowest BCUT2D eigenvalue weighted by Crippen LogP contribution is -2.52. The number of H-pyrrole nitrogens is 1. The lowest BCUT2D eigenvalue weighted by Gasteiger charge is -2.23. The van der Waals surface area contributed by atoms with Crippen LogP contribution >= 0.6 is 0 Å². The van der Waals surface area contributed by atoms with E-state index in [4.69, 9.17) is 0 Å². The van der Waals surface area contributed by atoms with Crippen molar-refractivity contribution in [3.05, 3.63) is 77.7 Å². The fourth-order valence-electron chi connectivity index (χ4n) is 4.42. The van der Waals surface area contributed by atoms with E-state index in [1.54, 1.807) is 35.2 Å². The van der Waals surface area contributed by atoms with Gasteiger partial charge >= 0.3 is 11.5 Å². The molecule has 0 unspecified atom stereocenters. The Kier molecular flexibility index (Phi) is 4.47. The van der Waals surface area contributed by atoms with E-state index in [2.05, 4.69) is 19.9 Å². The highest BCUT2D eigenvalue weighted by atomic mass is 19.1. The first-order chi connectivity index (χ1) is 16.5. The summed E-state index contributed by atoms with van der Waals surface area (Å²) in [6.45, 7) is -0.0659. The topological polar surface area (TPSA) is 105 Å². The molecule has 0 spiro atoms. The molecule has 0 bridgehead atoms. The molecule has 0 radical (unpaired) electrons. The Hall–Kier alpha value is -4.48. The average molecular weight is 463 g/mol. The Morgan fingerprint density at radius 1 is 1.15 bits per heavy atom. The van der Waals surface area contributed by atoms with Gasteiger partial charge in [0.2, 0.25) is 5.52 Å². The van der Waals surface area contributed by atoms with Crippen LogP contribution in [-0.2, 0) is 0 Å². The van der Waals surface area contributed by atoms with Gasteiger partial charge in [-0.1, -0.05) is 22.9 Å². The number of halogens is 2. The number of carbonyl (C=O) groups excluding carboxylic acids is 1. The zero-order valence-electron chi connectivity index (χ0n) is 17.5. The standard InChI is InChI=1S/C22H17F2N8O2/c23-13-8-16(29(9-13)20-17-19(26-10-25-17)27-11-28-20)21(33)32-12-30(14-4-2-1-3-5-14)22(34)18-15(24)6-7-31(18)32/h1-7,10-13,16H,8-9H2,(H,25,26,27,28)/q+1/t13-,16-/m0/s1. The van der Waals surface area contributed by atoms with Gasteiger partial charge in [0.05, 0.1) is 19.1 Å². The molecule has 1 N–H and O–H groups in total. The number of rotatable bonds is 3. The summed E-state index contributed by atoms with van der Waals surface area (Å²) in [5.41, 5.74) is 0.404. The summed E-state index contributed by atoms with van der Waals surface area (Å²) in [5.74, 6) is -0.969. The molecule has 5 aromatic rings. The molecular formula is C22H17F2N8O2+. The summed E-state index contributed by atoms with van der Waals surface area (Å²) in [6, 6.07) is 8.72.